The van der Waals surface area contributed by atoms with Gasteiger partial charge in [0.05, 0.1) is 11.3 Å². The largest absolute Gasteiger partial charge is 0.418 e. The summed E-state index contributed by atoms with van der Waals surface area (Å²) in [5, 5.41) is 3.06. The molecule has 1 aromatic carbocycles. The molecule has 3 rings (SSSR count). The zero-order chi connectivity index (χ0) is 20.9. The van der Waals surface area contributed by atoms with Crippen LogP contribution < -0.4 is 5.32 Å². The second-order valence-corrected chi connectivity index (χ2v) is 7.83. The van der Waals surface area contributed by atoms with Crippen molar-refractivity contribution >= 4 is 34.6 Å². The van der Waals surface area contributed by atoms with Gasteiger partial charge in [-0.25, -0.2) is 0 Å². The van der Waals surface area contributed by atoms with Crippen molar-refractivity contribution in [2.24, 2.45) is 5.92 Å². The highest BCUT2D eigenvalue weighted by molar-refractivity contribution is 7.80. The molecule has 0 fully saturated rings. The molecule has 0 spiro atoms. The Bertz CT molecular complexity index is 871. The number of anilines is 1. The third-order valence-electron chi connectivity index (χ3n) is 4.77. The van der Waals surface area contributed by atoms with E-state index in [4.69, 9.17) is 23.8 Å². The first-order chi connectivity index (χ1) is 13.8. The Morgan fingerprint density at radius 2 is 2.10 bits per heavy atom. The molecule has 2 aromatic rings. The van der Waals surface area contributed by atoms with Gasteiger partial charge in [0, 0.05) is 30.5 Å². The summed E-state index contributed by atoms with van der Waals surface area (Å²) >= 11 is 11.3. The first-order valence-electron chi connectivity index (χ1n) is 9.29. The number of allylic oxidation sites excluding steroid dienone is 2. The van der Waals surface area contributed by atoms with Crippen LogP contribution in [0.25, 0.3) is 0 Å². The molecular formula is C21H21ClF3N3S. The van der Waals surface area contributed by atoms with Crippen molar-refractivity contribution in [3.8, 4) is 0 Å². The van der Waals surface area contributed by atoms with Gasteiger partial charge in [-0.2, -0.15) is 13.2 Å². The number of benzene rings is 1. The van der Waals surface area contributed by atoms with Crippen molar-refractivity contribution in [3.63, 3.8) is 0 Å². The molecule has 1 N–H and O–H groups in total. The number of thiocarbonyl (C=S) groups is 1. The molecule has 0 radical (unpaired) electrons. The first kappa shape index (κ1) is 21.6. The van der Waals surface area contributed by atoms with Crippen molar-refractivity contribution in [2.75, 3.05) is 11.9 Å². The number of nitrogens with zero attached hydrogens (tertiary/aromatic N) is 2. The molecule has 154 valence electrons. The fourth-order valence-electron chi connectivity index (χ4n) is 3.32. The van der Waals surface area contributed by atoms with Gasteiger partial charge in [-0.1, -0.05) is 29.8 Å². The maximum absolute atomic E-state index is 13.4. The summed E-state index contributed by atoms with van der Waals surface area (Å²) in [5.41, 5.74) is -0.00365. The number of hydrogen-bond donors (Lipinski definition) is 1. The summed E-state index contributed by atoms with van der Waals surface area (Å²) in [6.07, 6.45) is 6.14. The number of aromatic nitrogens is 1. The van der Waals surface area contributed by atoms with Gasteiger partial charge in [0.15, 0.2) is 5.11 Å². The lowest BCUT2D eigenvalue weighted by atomic mass is 9.94. The number of halogens is 4. The molecule has 0 amide bonds. The van der Waals surface area contributed by atoms with Gasteiger partial charge in [-0.3, -0.25) is 4.98 Å². The lowest BCUT2D eigenvalue weighted by Crippen LogP contribution is -2.38. The molecule has 1 aromatic heterocycles. The van der Waals surface area contributed by atoms with Crippen molar-refractivity contribution < 1.29 is 13.2 Å². The predicted octanol–water partition coefficient (Wildman–Crippen LogP) is 6.31. The molecule has 0 saturated carbocycles. The average Bonchev–Trinajstić information content (AvgIpc) is 2.69. The van der Waals surface area contributed by atoms with Crippen LogP contribution in [0.1, 0.15) is 30.4 Å². The predicted molar refractivity (Wildman–Crippen MR) is 114 cm³/mol. The van der Waals surface area contributed by atoms with E-state index in [1.807, 2.05) is 17.0 Å². The van der Waals surface area contributed by atoms with E-state index >= 15 is 0 Å². The molecule has 0 unspecified atom stereocenters. The Morgan fingerprint density at radius 3 is 2.76 bits per heavy atom. The van der Waals surface area contributed by atoms with Crippen molar-refractivity contribution in [2.45, 2.75) is 32.0 Å². The Kier molecular flexibility index (Phi) is 7.14. The maximum Gasteiger partial charge on any atom is 0.418 e. The summed E-state index contributed by atoms with van der Waals surface area (Å²) in [6, 6.07) is 7.38. The lowest BCUT2D eigenvalue weighted by molar-refractivity contribution is -0.136. The van der Waals surface area contributed by atoms with E-state index in [2.05, 4.69) is 22.5 Å². The van der Waals surface area contributed by atoms with Gasteiger partial charge in [-0.05, 0) is 67.2 Å². The van der Waals surface area contributed by atoms with Crippen molar-refractivity contribution in [1.29, 1.82) is 0 Å². The fraction of sp³-hybridized carbons (Fsp3) is 0.333. The molecule has 1 aliphatic rings. The number of rotatable bonds is 5. The third kappa shape index (κ3) is 6.18. The molecule has 29 heavy (non-hydrogen) atoms. The van der Waals surface area contributed by atoms with Crippen molar-refractivity contribution in [3.05, 3.63) is 71.0 Å². The second kappa shape index (κ2) is 9.59. The lowest BCUT2D eigenvalue weighted by Gasteiger charge is -2.31. The molecule has 0 bridgehead atoms. The molecule has 8 heteroatoms. The monoisotopic (exact) mass is 439 g/mol. The summed E-state index contributed by atoms with van der Waals surface area (Å²) < 4.78 is 40.3. The standard InChI is InChI=1S/C21H21ClF3N3S/c22-17-8-9-19(18(11-17)21(23,24)25)27-20(29)28(13-15-5-2-1-3-6-15)14-16-7-4-10-26-12-16/h1-2,4,7-12,15H,3,5-6,13-14H2,(H,27,29)/t15-/m0/s1. The summed E-state index contributed by atoms with van der Waals surface area (Å²) in [5.74, 6) is 0.392. The Labute approximate surface area is 178 Å². The molecule has 1 atom stereocenters. The zero-order valence-corrected chi connectivity index (χ0v) is 17.2. The van der Waals surface area contributed by atoms with Crippen LogP contribution in [0.2, 0.25) is 5.02 Å². The highest BCUT2D eigenvalue weighted by Gasteiger charge is 2.34. The van der Waals surface area contributed by atoms with Crippen LogP contribution in [0.3, 0.4) is 0 Å². The minimum atomic E-state index is -4.54. The van der Waals surface area contributed by atoms with E-state index in [0.29, 0.717) is 19.0 Å². The van der Waals surface area contributed by atoms with Crippen LogP contribution in [-0.2, 0) is 12.7 Å². The minimum absolute atomic E-state index is 0.0232. The molecule has 1 heterocycles. The minimum Gasteiger partial charge on any atom is -0.344 e. The van der Waals surface area contributed by atoms with Gasteiger partial charge in [0.25, 0.3) is 0 Å². The van der Waals surface area contributed by atoms with Crippen LogP contribution in [-0.4, -0.2) is 21.5 Å². The Hall–Kier alpha value is -2.12. The van der Waals surface area contributed by atoms with Gasteiger partial charge in [0.1, 0.15) is 0 Å². The van der Waals surface area contributed by atoms with Crippen molar-refractivity contribution in [1.82, 2.24) is 9.88 Å². The highest BCUT2D eigenvalue weighted by atomic mass is 35.5. The van der Waals surface area contributed by atoms with Gasteiger partial charge >= 0.3 is 6.18 Å². The maximum atomic E-state index is 13.4. The quantitative estimate of drug-likeness (QED) is 0.436. The normalized spacial score (nSPS) is 16.5. The summed E-state index contributed by atoms with van der Waals surface area (Å²) in [6.45, 7) is 1.12. The van der Waals surface area contributed by atoms with E-state index in [-0.39, 0.29) is 15.8 Å². The van der Waals surface area contributed by atoms with Gasteiger partial charge < -0.3 is 10.2 Å². The second-order valence-electron chi connectivity index (χ2n) is 7.01. The molecule has 0 saturated heterocycles. The SMILES string of the molecule is FC(F)(F)c1cc(Cl)ccc1NC(=S)N(Cc1cccnc1)C[C@H]1CC=CCC1. The van der Waals surface area contributed by atoms with E-state index in [1.165, 1.54) is 12.1 Å². The highest BCUT2D eigenvalue weighted by Crippen LogP contribution is 2.36. The van der Waals surface area contributed by atoms with Crippen LogP contribution in [0.15, 0.2) is 54.9 Å². The summed E-state index contributed by atoms with van der Waals surface area (Å²) in [4.78, 5) is 6.03. The number of hydrogen-bond acceptors (Lipinski definition) is 2. The van der Waals surface area contributed by atoms with E-state index < -0.39 is 11.7 Å². The molecule has 0 aliphatic heterocycles. The number of nitrogens with one attached hydrogen (secondary N) is 1. The topological polar surface area (TPSA) is 28.2 Å². The fourth-order valence-corrected chi connectivity index (χ4v) is 3.74. The van der Waals surface area contributed by atoms with E-state index in [9.17, 15) is 13.2 Å². The summed E-state index contributed by atoms with van der Waals surface area (Å²) in [7, 11) is 0. The van der Waals surface area contributed by atoms with E-state index in [1.54, 1.807) is 12.4 Å². The molecule has 3 nitrogen and oxygen atoms in total. The van der Waals surface area contributed by atoms with Crippen LogP contribution >= 0.6 is 23.8 Å². The van der Waals surface area contributed by atoms with Crippen LogP contribution in [0.4, 0.5) is 18.9 Å². The van der Waals surface area contributed by atoms with Gasteiger partial charge in [0.2, 0.25) is 0 Å². The molecular weight excluding hydrogens is 419 g/mol. The van der Waals surface area contributed by atoms with Crippen LogP contribution in [0, 0.1) is 5.92 Å². The Morgan fingerprint density at radius 1 is 1.28 bits per heavy atom. The van der Waals surface area contributed by atoms with E-state index in [0.717, 1.165) is 30.9 Å². The Balaban J connectivity index is 1.81. The molecule has 1 aliphatic carbocycles. The zero-order valence-electron chi connectivity index (χ0n) is 15.6. The smallest absolute Gasteiger partial charge is 0.344 e. The first-order valence-corrected chi connectivity index (χ1v) is 10.1. The third-order valence-corrected chi connectivity index (χ3v) is 5.36. The number of alkyl halides is 3. The average molecular weight is 440 g/mol. The number of pyridine rings is 1. The van der Waals surface area contributed by atoms with Gasteiger partial charge in [-0.15, -0.1) is 0 Å². The van der Waals surface area contributed by atoms with Crippen LogP contribution in [0.5, 0.6) is 0 Å².